The molecule has 0 radical (unpaired) electrons. The molecule has 4 rings (SSSR count). The summed E-state index contributed by atoms with van der Waals surface area (Å²) in [7, 11) is 0. The Balaban J connectivity index is 1.88. The van der Waals surface area contributed by atoms with Crippen molar-refractivity contribution in [1.82, 2.24) is 4.98 Å². The first-order chi connectivity index (χ1) is 12.8. The van der Waals surface area contributed by atoms with Crippen LogP contribution in [0.2, 0.25) is 0 Å². The Labute approximate surface area is 150 Å². The highest BCUT2D eigenvalue weighted by molar-refractivity contribution is 6.13. The molecule has 26 heavy (non-hydrogen) atoms. The molecule has 0 fully saturated rings. The van der Waals surface area contributed by atoms with Crippen molar-refractivity contribution in [1.29, 1.82) is 0 Å². The van der Waals surface area contributed by atoms with Crippen LogP contribution in [0, 0.1) is 0 Å². The molecule has 2 aromatic heterocycles. The average molecular weight is 346 g/mol. The van der Waals surface area contributed by atoms with Crippen LogP contribution in [0.1, 0.15) is 23.0 Å². The van der Waals surface area contributed by atoms with Gasteiger partial charge in [-0.25, -0.2) is 4.79 Å². The number of benzene rings is 2. The molecule has 2 heterocycles. The highest BCUT2D eigenvalue weighted by Crippen LogP contribution is 2.32. The molecule has 4 aromatic rings. The van der Waals surface area contributed by atoms with E-state index in [4.69, 9.17) is 9.15 Å². The topological polar surface area (TPSA) is 64.4 Å². The van der Waals surface area contributed by atoms with Gasteiger partial charge in [0.1, 0.15) is 11.3 Å². The van der Waals surface area contributed by atoms with Crippen molar-refractivity contribution in [3.05, 3.63) is 72.3 Å². The Kier molecular flexibility index (Phi) is 4.27. The molecule has 5 heteroatoms. The zero-order chi connectivity index (χ0) is 17.9. The molecule has 0 aliphatic rings. The van der Waals surface area contributed by atoms with Gasteiger partial charge in [0, 0.05) is 17.0 Å². The first-order valence-corrected chi connectivity index (χ1v) is 8.51. The highest BCUT2D eigenvalue weighted by Gasteiger charge is 2.18. The summed E-state index contributed by atoms with van der Waals surface area (Å²) in [5, 5.41) is 6.35. The third kappa shape index (κ3) is 2.88. The van der Waals surface area contributed by atoms with Crippen molar-refractivity contribution in [2.24, 2.45) is 0 Å². The smallest absolute Gasteiger partial charge is 0.341 e. The number of hydrogen-bond acceptors (Lipinski definition) is 5. The maximum Gasteiger partial charge on any atom is 0.341 e. The monoisotopic (exact) mass is 346 g/mol. The molecule has 0 unspecified atom stereocenters. The van der Waals surface area contributed by atoms with Crippen molar-refractivity contribution >= 4 is 33.3 Å². The van der Waals surface area contributed by atoms with E-state index in [0.29, 0.717) is 24.4 Å². The van der Waals surface area contributed by atoms with Crippen LogP contribution < -0.4 is 5.32 Å². The first-order valence-electron chi connectivity index (χ1n) is 8.51. The second-order valence-electron chi connectivity index (χ2n) is 5.88. The minimum absolute atomic E-state index is 0.312. The normalized spacial score (nSPS) is 11.0. The lowest BCUT2D eigenvalue weighted by molar-refractivity contribution is 0.0527. The van der Waals surface area contributed by atoms with Crippen LogP contribution in [0.4, 0.5) is 5.69 Å². The number of anilines is 1. The molecule has 0 bridgehead atoms. The number of pyridine rings is 1. The second kappa shape index (κ2) is 6.88. The summed E-state index contributed by atoms with van der Waals surface area (Å²) in [4.78, 5) is 17.0. The van der Waals surface area contributed by atoms with Crippen LogP contribution >= 0.6 is 0 Å². The van der Waals surface area contributed by atoms with Gasteiger partial charge in [-0.1, -0.05) is 36.4 Å². The van der Waals surface area contributed by atoms with Crippen LogP contribution in [-0.4, -0.2) is 17.6 Å². The van der Waals surface area contributed by atoms with Gasteiger partial charge >= 0.3 is 5.97 Å². The quantitative estimate of drug-likeness (QED) is 0.416. The van der Waals surface area contributed by atoms with Crippen LogP contribution in [0.3, 0.4) is 0 Å². The lowest BCUT2D eigenvalue weighted by atomic mass is 10.0. The van der Waals surface area contributed by atoms with E-state index in [2.05, 4.69) is 10.3 Å². The molecule has 0 amide bonds. The van der Waals surface area contributed by atoms with E-state index in [0.717, 1.165) is 27.4 Å². The lowest BCUT2D eigenvalue weighted by Gasteiger charge is -2.14. The fourth-order valence-electron chi connectivity index (χ4n) is 3.08. The molecule has 0 saturated carbocycles. The molecule has 0 aliphatic carbocycles. The minimum Gasteiger partial charge on any atom is -0.467 e. The summed E-state index contributed by atoms with van der Waals surface area (Å²) in [6.07, 6.45) is 3.21. The number of aromatic nitrogens is 1. The zero-order valence-electron chi connectivity index (χ0n) is 14.4. The lowest BCUT2D eigenvalue weighted by Crippen LogP contribution is -2.11. The van der Waals surface area contributed by atoms with E-state index < -0.39 is 5.97 Å². The van der Waals surface area contributed by atoms with Crippen molar-refractivity contribution in [2.45, 2.75) is 13.5 Å². The first kappa shape index (κ1) is 16.1. The fraction of sp³-hybridized carbons (Fsp3) is 0.143. The van der Waals surface area contributed by atoms with Gasteiger partial charge in [-0.3, -0.25) is 4.98 Å². The van der Waals surface area contributed by atoms with Crippen molar-refractivity contribution in [3.8, 4) is 0 Å². The number of carbonyl (C=O) groups excluding carboxylic acids is 1. The van der Waals surface area contributed by atoms with Gasteiger partial charge in [0.05, 0.1) is 30.6 Å². The van der Waals surface area contributed by atoms with Crippen molar-refractivity contribution < 1.29 is 13.9 Å². The number of nitrogens with zero attached hydrogens (tertiary/aromatic N) is 1. The molecule has 130 valence electrons. The van der Waals surface area contributed by atoms with Gasteiger partial charge in [-0.15, -0.1) is 0 Å². The maximum atomic E-state index is 12.4. The van der Waals surface area contributed by atoms with Crippen molar-refractivity contribution in [2.75, 3.05) is 11.9 Å². The Bertz CT molecular complexity index is 1070. The van der Waals surface area contributed by atoms with Gasteiger partial charge in [-0.05, 0) is 24.4 Å². The molecule has 2 aromatic carbocycles. The number of esters is 1. The number of hydrogen-bond donors (Lipinski definition) is 1. The van der Waals surface area contributed by atoms with Crippen LogP contribution in [0.15, 0.2) is 65.4 Å². The number of rotatable bonds is 5. The number of ether oxygens (including phenoxy) is 1. The average Bonchev–Trinajstić information content (AvgIpc) is 3.19. The van der Waals surface area contributed by atoms with Crippen molar-refractivity contribution in [3.63, 3.8) is 0 Å². The van der Waals surface area contributed by atoms with Gasteiger partial charge in [0.15, 0.2) is 0 Å². The van der Waals surface area contributed by atoms with Gasteiger partial charge < -0.3 is 14.5 Å². The van der Waals surface area contributed by atoms with E-state index in [-0.39, 0.29) is 0 Å². The van der Waals surface area contributed by atoms with E-state index in [9.17, 15) is 4.79 Å². The molecule has 1 N–H and O–H groups in total. The number of carbonyl (C=O) groups is 1. The summed E-state index contributed by atoms with van der Waals surface area (Å²) in [6, 6.07) is 15.8. The SMILES string of the molecule is CCOC(=O)c1cnc2c(ccc3ccccc32)c1NCc1ccco1. The second-order valence-corrected chi connectivity index (χ2v) is 5.88. The standard InChI is InChI=1S/C21H18N2O3/c1-2-25-21(24)18-13-23-19-16-8-4-3-6-14(16)9-10-17(19)20(18)22-12-15-7-5-11-26-15/h3-11,13H,2,12H2,1H3,(H,22,23). The van der Waals surface area contributed by atoms with Gasteiger partial charge in [0.25, 0.3) is 0 Å². The molecular weight excluding hydrogens is 328 g/mol. The largest absolute Gasteiger partial charge is 0.467 e. The number of nitrogens with one attached hydrogen (secondary N) is 1. The van der Waals surface area contributed by atoms with Crippen LogP contribution in [-0.2, 0) is 11.3 Å². The van der Waals surface area contributed by atoms with Gasteiger partial charge in [-0.2, -0.15) is 0 Å². The molecule has 0 aliphatic heterocycles. The summed E-state index contributed by atoms with van der Waals surface area (Å²) >= 11 is 0. The van der Waals surface area contributed by atoms with E-state index >= 15 is 0 Å². The molecule has 0 saturated heterocycles. The highest BCUT2D eigenvalue weighted by atomic mass is 16.5. The fourth-order valence-corrected chi connectivity index (χ4v) is 3.08. The summed E-state index contributed by atoms with van der Waals surface area (Å²) < 4.78 is 10.6. The van der Waals surface area contributed by atoms with E-state index in [1.807, 2.05) is 48.5 Å². The number of furan rings is 1. The van der Waals surface area contributed by atoms with Crippen LogP contribution in [0.5, 0.6) is 0 Å². The zero-order valence-corrected chi connectivity index (χ0v) is 14.4. The summed E-state index contributed by atoms with van der Waals surface area (Å²) in [6.45, 7) is 2.56. The summed E-state index contributed by atoms with van der Waals surface area (Å²) in [5.74, 6) is 0.391. The third-order valence-corrected chi connectivity index (χ3v) is 4.28. The van der Waals surface area contributed by atoms with Gasteiger partial charge in [0.2, 0.25) is 0 Å². The Morgan fingerprint density at radius 2 is 2.00 bits per heavy atom. The minimum atomic E-state index is -0.392. The summed E-state index contributed by atoms with van der Waals surface area (Å²) in [5.41, 5.74) is 1.97. The predicted octanol–water partition coefficient (Wildman–Crippen LogP) is 4.77. The molecule has 5 nitrogen and oxygen atoms in total. The maximum absolute atomic E-state index is 12.4. The van der Waals surface area contributed by atoms with E-state index in [1.54, 1.807) is 19.4 Å². The molecular formula is C21H18N2O3. The molecule has 0 spiro atoms. The Morgan fingerprint density at radius 1 is 1.12 bits per heavy atom. The third-order valence-electron chi connectivity index (χ3n) is 4.28. The Morgan fingerprint density at radius 3 is 2.81 bits per heavy atom. The Hall–Kier alpha value is -3.34. The van der Waals surface area contributed by atoms with Crippen LogP contribution in [0.25, 0.3) is 21.7 Å². The molecule has 0 atom stereocenters. The predicted molar refractivity (Wildman–Crippen MR) is 101 cm³/mol. The van der Waals surface area contributed by atoms with E-state index in [1.165, 1.54) is 0 Å². The number of fused-ring (bicyclic) bond motifs is 3.